The first-order chi connectivity index (χ1) is 13.9. The van der Waals surface area contributed by atoms with Gasteiger partial charge in [0.25, 0.3) is 11.6 Å². The Morgan fingerprint density at radius 1 is 1.24 bits per heavy atom. The van der Waals surface area contributed by atoms with E-state index in [9.17, 15) is 20.2 Å². The van der Waals surface area contributed by atoms with E-state index in [1.54, 1.807) is 12.1 Å². The van der Waals surface area contributed by atoms with Crippen molar-refractivity contribution in [2.45, 2.75) is 6.92 Å². The maximum Gasteiger partial charge on any atom is 0.281 e. The number of hydrogen-bond acceptors (Lipinski definition) is 5. The Morgan fingerprint density at radius 3 is 2.69 bits per heavy atom. The summed E-state index contributed by atoms with van der Waals surface area (Å²) in [5.41, 5.74) is 1.31. The Balaban J connectivity index is 1.89. The quantitative estimate of drug-likeness (QED) is 0.265. The number of halogens is 1. The first-order valence-electron chi connectivity index (χ1n) is 8.42. The maximum absolute atomic E-state index is 12.4. The molecule has 1 aromatic heterocycles. The van der Waals surface area contributed by atoms with Gasteiger partial charge in [0, 0.05) is 22.9 Å². The van der Waals surface area contributed by atoms with Crippen LogP contribution in [0.2, 0.25) is 5.02 Å². The molecular formula is C21H14ClN3O4. The van der Waals surface area contributed by atoms with Gasteiger partial charge >= 0.3 is 0 Å². The van der Waals surface area contributed by atoms with Crippen LogP contribution in [0.3, 0.4) is 0 Å². The summed E-state index contributed by atoms with van der Waals surface area (Å²) in [5, 5.41) is 23.5. The van der Waals surface area contributed by atoms with Gasteiger partial charge in [-0.1, -0.05) is 29.8 Å². The number of carbonyl (C=O) groups is 1. The van der Waals surface area contributed by atoms with Gasteiger partial charge in [-0.3, -0.25) is 14.9 Å². The second-order valence-corrected chi connectivity index (χ2v) is 6.50. The third-order valence-electron chi connectivity index (χ3n) is 4.09. The average Bonchev–Trinajstić information content (AvgIpc) is 3.16. The molecule has 0 spiro atoms. The lowest BCUT2D eigenvalue weighted by Crippen LogP contribution is -2.14. The van der Waals surface area contributed by atoms with Crippen molar-refractivity contribution in [2.75, 3.05) is 5.32 Å². The predicted octanol–water partition coefficient (Wildman–Crippen LogP) is 5.36. The van der Waals surface area contributed by atoms with Gasteiger partial charge in [-0.25, -0.2) is 0 Å². The van der Waals surface area contributed by atoms with Crippen LogP contribution in [0.4, 0.5) is 11.4 Å². The van der Waals surface area contributed by atoms with Crippen molar-refractivity contribution < 1.29 is 14.1 Å². The molecule has 1 amide bonds. The number of amides is 1. The molecule has 0 atom stereocenters. The van der Waals surface area contributed by atoms with E-state index in [-0.39, 0.29) is 33.4 Å². The fraction of sp³-hybridized carbons (Fsp3) is 0.0476. The van der Waals surface area contributed by atoms with Crippen molar-refractivity contribution in [3.8, 4) is 17.4 Å². The molecule has 1 N–H and O–H groups in total. The van der Waals surface area contributed by atoms with Crippen molar-refractivity contribution in [1.29, 1.82) is 5.26 Å². The molecule has 29 heavy (non-hydrogen) atoms. The average molecular weight is 408 g/mol. The summed E-state index contributed by atoms with van der Waals surface area (Å²) >= 11 is 5.83. The number of nitrogens with zero attached hydrogens (tertiary/aromatic N) is 2. The highest BCUT2D eigenvalue weighted by Crippen LogP contribution is 2.33. The minimum absolute atomic E-state index is 0.167. The molecule has 0 radical (unpaired) electrons. The fourth-order valence-corrected chi connectivity index (χ4v) is 2.80. The molecule has 0 saturated carbocycles. The lowest BCUT2D eigenvalue weighted by Gasteiger charge is -2.06. The van der Waals surface area contributed by atoms with Gasteiger partial charge in [-0.15, -0.1) is 0 Å². The summed E-state index contributed by atoms with van der Waals surface area (Å²) in [6, 6.07) is 16.3. The number of rotatable bonds is 5. The van der Waals surface area contributed by atoms with Crippen molar-refractivity contribution >= 4 is 35.0 Å². The largest absolute Gasteiger partial charge is 0.456 e. The Labute approximate surface area is 171 Å². The molecule has 0 aliphatic carbocycles. The third-order valence-corrected chi connectivity index (χ3v) is 4.33. The van der Waals surface area contributed by atoms with E-state index in [0.29, 0.717) is 5.69 Å². The highest BCUT2D eigenvalue weighted by molar-refractivity contribution is 6.30. The molecule has 3 rings (SSSR count). The fourth-order valence-electron chi connectivity index (χ4n) is 2.63. The number of para-hydroxylation sites is 1. The molecule has 0 unspecified atom stereocenters. The zero-order valence-corrected chi connectivity index (χ0v) is 15.9. The van der Waals surface area contributed by atoms with Crippen LogP contribution in [0.1, 0.15) is 11.3 Å². The zero-order chi connectivity index (χ0) is 21.0. The van der Waals surface area contributed by atoms with E-state index in [0.717, 1.165) is 5.56 Å². The maximum atomic E-state index is 12.4. The summed E-state index contributed by atoms with van der Waals surface area (Å²) in [6.07, 6.45) is 1.28. The SMILES string of the molecule is Cc1ccccc1NC(=O)/C(C#N)=C/c1ccc(-c2ccc(Cl)cc2[N+](=O)[O-])o1. The molecule has 3 aromatic rings. The van der Waals surface area contributed by atoms with Gasteiger partial charge in [0.05, 0.1) is 10.5 Å². The summed E-state index contributed by atoms with van der Waals surface area (Å²) in [5.74, 6) is -0.158. The van der Waals surface area contributed by atoms with E-state index in [4.69, 9.17) is 16.0 Å². The normalized spacial score (nSPS) is 11.0. The van der Waals surface area contributed by atoms with Gasteiger partial charge in [0.2, 0.25) is 0 Å². The van der Waals surface area contributed by atoms with E-state index < -0.39 is 10.8 Å². The molecule has 0 bridgehead atoms. The van der Waals surface area contributed by atoms with Gasteiger partial charge in [-0.05, 0) is 42.8 Å². The van der Waals surface area contributed by atoms with Crippen LogP contribution in [-0.2, 0) is 4.79 Å². The van der Waals surface area contributed by atoms with Crippen LogP contribution >= 0.6 is 11.6 Å². The number of anilines is 1. The van der Waals surface area contributed by atoms with E-state index in [2.05, 4.69) is 5.32 Å². The van der Waals surface area contributed by atoms with E-state index >= 15 is 0 Å². The number of carbonyl (C=O) groups excluding carboxylic acids is 1. The number of nitrogens with one attached hydrogen (secondary N) is 1. The molecule has 1 heterocycles. The molecule has 2 aromatic carbocycles. The predicted molar refractivity (Wildman–Crippen MR) is 109 cm³/mol. The minimum atomic E-state index is -0.586. The molecule has 0 fully saturated rings. The molecule has 7 nitrogen and oxygen atoms in total. The van der Waals surface area contributed by atoms with Gasteiger partial charge in [0.1, 0.15) is 23.2 Å². The number of nitro groups is 1. The second kappa shape index (κ2) is 8.42. The Kier molecular flexibility index (Phi) is 5.77. The number of nitriles is 1. The Hall–Kier alpha value is -3.89. The molecule has 0 aliphatic rings. The van der Waals surface area contributed by atoms with Crippen LogP contribution in [0.15, 0.2) is 64.6 Å². The standard InChI is InChI=1S/C21H14ClN3O4/c1-13-4-2-3-5-18(13)24-21(26)14(12-23)10-16-7-9-20(29-16)17-8-6-15(22)11-19(17)25(27)28/h2-11H,1H3,(H,24,26)/b14-10+. The van der Waals surface area contributed by atoms with Gasteiger partial charge < -0.3 is 9.73 Å². The van der Waals surface area contributed by atoms with Crippen LogP contribution in [-0.4, -0.2) is 10.8 Å². The van der Waals surface area contributed by atoms with Crippen molar-refractivity contribution in [3.63, 3.8) is 0 Å². The molecule has 0 aliphatic heterocycles. The Morgan fingerprint density at radius 2 is 2.00 bits per heavy atom. The molecule has 144 valence electrons. The van der Waals surface area contributed by atoms with Crippen LogP contribution in [0.25, 0.3) is 17.4 Å². The highest BCUT2D eigenvalue weighted by atomic mass is 35.5. The number of hydrogen-bond donors (Lipinski definition) is 1. The highest BCUT2D eigenvalue weighted by Gasteiger charge is 2.19. The third kappa shape index (κ3) is 4.51. The number of benzene rings is 2. The van der Waals surface area contributed by atoms with Crippen molar-refractivity contribution in [1.82, 2.24) is 0 Å². The first kappa shape index (κ1) is 19.9. The summed E-state index contributed by atoms with van der Waals surface area (Å²) in [6.45, 7) is 1.84. The van der Waals surface area contributed by atoms with Crippen molar-refractivity contribution in [2.24, 2.45) is 0 Å². The molecule has 8 heteroatoms. The van der Waals surface area contributed by atoms with E-state index in [1.165, 1.54) is 36.4 Å². The smallest absolute Gasteiger partial charge is 0.281 e. The van der Waals surface area contributed by atoms with Crippen LogP contribution in [0, 0.1) is 28.4 Å². The number of aryl methyl sites for hydroxylation is 1. The number of furan rings is 1. The van der Waals surface area contributed by atoms with Crippen LogP contribution < -0.4 is 5.32 Å². The van der Waals surface area contributed by atoms with Gasteiger partial charge in [-0.2, -0.15) is 5.26 Å². The summed E-state index contributed by atoms with van der Waals surface area (Å²) in [7, 11) is 0. The van der Waals surface area contributed by atoms with Crippen LogP contribution in [0.5, 0.6) is 0 Å². The summed E-state index contributed by atoms with van der Waals surface area (Å²) in [4.78, 5) is 23.1. The monoisotopic (exact) mass is 407 g/mol. The zero-order valence-electron chi connectivity index (χ0n) is 15.2. The lowest BCUT2D eigenvalue weighted by molar-refractivity contribution is -0.384. The topological polar surface area (TPSA) is 109 Å². The second-order valence-electron chi connectivity index (χ2n) is 6.06. The first-order valence-corrected chi connectivity index (χ1v) is 8.80. The molecular weight excluding hydrogens is 394 g/mol. The van der Waals surface area contributed by atoms with Gasteiger partial charge in [0.15, 0.2) is 0 Å². The molecule has 0 saturated heterocycles. The minimum Gasteiger partial charge on any atom is -0.456 e. The lowest BCUT2D eigenvalue weighted by atomic mass is 10.1. The summed E-state index contributed by atoms with van der Waals surface area (Å²) < 4.78 is 5.60. The van der Waals surface area contributed by atoms with Crippen molar-refractivity contribution in [3.05, 3.63) is 86.6 Å². The van der Waals surface area contributed by atoms with E-state index in [1.807, 2.05) is 25.1 Å². The Bertz CT molecular complexity index is 1170. The number of nitro benzene ring substituents is 1.